The molecule has 15 heavy (non-hydrogen) atoms. The molecule has 0 aromatic heterocycles. The third-order valence-corrected chi connectivity index (χ3v) is 1.63. The van der Waals surface area contributed by atoms with Crippen LogP contribution in [0.15, 0.2) is 23.3 Å². The van der Waals surface area contributed by atoms with Gasteiger partial charge in [-0.25, -0.2) is 0 Å². The molecule has 1 aromatic carbocycles. The zero-order chi connectivity index (χ0) is 11.5. The molecule has 0 fully saturated rings. The fourth-order valence-electron chi connectivity index (χ4n) is 0.964. The van der Waals surface area contributed by atoms with Gasteiger partial charge >= 0.3 is 6.18 Å². The van der Waals surface area contributed by atoms with Crippen molar-refractivity contribution in [3.05, 3.63) is 39.8 Å². The van der Waals surface area contributed by atoms with Crippen LogP contribution in [-0.4, -0.2) is 6.29 Å². The van der Waals surface area contributed by atoms with E-state index in [1.807, 2.05) is 0 Å². The van der Waals surface area contributed by atoms with Gasteiger partial charge in [-0.05, 0) is 17.7 Å². The third-order valence-electron chi connectivity index (χ3n) is 1.63. The molecule has 0 heterocycles. The number of benzene rings is 1. The predicted octanol–water partition coefficient (Wildman–Crippen LogP) is 3.46. The topological polar surface area (TPSA) is 65.8 Å². The highest BCUT2D eigenvalue weighted by molar-refractivity contribution is 5.83. The van der Waals surface area contributed by atoms with Crippen molar-refractivity contribution in [2.45, 2.75) is 6.18 Å². The van der Waals surface area contributed by atoms with E-state index in [2.05, 4.69) is 10.0 Å². The standard InChI is InChI=1S/C8H4F3N3O/c9-8(10,11)6-1-2-7(13-14-12)5(3-6)4-15/h1-4H. The number of rotatable bonds is 2. The summed E-state index contributed by atoms with van der Waals surface area (Å²) >= 11 is 0. The molecule has 0 radical (unpaired) electrons. The summed E-state index contributed by atoms with van der Waals surface area (Å²) in [6.45, 7) is 0. The van der Waals surface area contributed by atoms with Gasteiger partial charge < -0.3 is 0 Å². The van der Waals surface area contributed by atoms with Crippen molar-refractivity contribution in [3.63, 3.8) is 0 Å². The predicted molar refractivity (Wildman–Crippen MR) is 45.6 cm³/mol. The van der Waals surface area contributed by atoms with Crippen molar-refractivity contribution < 1.29 is 18.0 Å². The van der Waals surface area contributed by atoms with Gasteiger partial charge in [-0.3, -0.25) is 4.79 Å². The molecule has 0 unspecified atom stereocenters. The highest BCUT2D eigenvalue weighted by Gasteiger charge is 2.30. The van der Waals surface area contributed by atoms with Crippen LogP contribution in [-0.2, 0) is 6.18 Å². The smallest absolute Gasteiger partial charge is 0.298 e. The molecular weight excluding hydrogens is 211 g/mol. The Morgan fingerprint density at radius 3 is 2.53 bits per heavy atom. The lowest BCUT2D eigenvalue weighted by Crippen LogP contribution is -2.05. The van der Waals surface area contributed by atoms with Crippen molar-refractivity contribution >= 4 is 12.0 Å². The molecule has 1 aromatic rings. The SMILES string of the molecule is [N-]=[N+]=Nc1ccc(C(F)(F)F)cc1C=O. The van der Waals surface area contributed by atoms with E-state index in [0.29, 0.717) is 6.07 Å². The minimum atomic E-state index is -4.52. The zero-order valence-corrected chi connectivity index (χ0v) is 7.19. The average molecular weight is 215 g/mol. The number of azide groups is 1. The van der Waals surface area contributed by atoms with E-state index in [1.165, 1.54) is 0 Å². The molecular formula is C8H4F3N3O. The third kappa shape index (κ3) is 2.47. The first kappa shape index (κ1) is 11.1. The first-order valence-corrected chi connectivity index (χ1v) is 3.70. The van der Waals surface area contributed by atoms with Crippen LogP contribution in [0.25, 0.3) is 10.4 Å². The summed E-state index contributed by atoms with van der Waals surface area (Å²) in [5, 5.41) is 3.08. The fraction of sp³-hybridized carbons (Fsp3) is 0.125. The van der Waals surface area contributed by atoms with Crippen molar-refractivity contribution in [2.75, 3.05) is 0 Å². The van der Waals surface area contributed by atoms with Gasteiger partial charge in [-0.2, -0.15) is 13.2 Å². The van der Waals surface area contributed by atoms with E-state index in [0.717, 1.165) is 12.1 Å². The molecule has 7 heteroatoms. The van der Waals surface area contributed by atoms with Crippen molar-refractivity contribution in [2.24, 2.45) is 5.11 Å². The van der Waals surface area contributed by atoms with E-state index in [9.17, 15) is 18.0 Å². The summed E-state index contributed by atoms with van der Waals surface area (Å²) in [7, 11) is 0. The maximum Gasteiger partial charge on any atom is 0.416 e. The van der Waals surface area contributed by atoms with Crippen molar-refractivity contribution in [3.8, 4) is 0 Å². The van der Waals surface area contributed by atoms with Crippen LogP contribution in [0, 0.1) is 0 Å². The van der Waals surface area contributed by atoms with Gasteiger partial charge in [0.1, 0.15) is 0 Å². The molecule has 4 nitrogen and oxygen atoms in total. The van der Waals surface area contributed by atoms with E-state index in [4.69, 9.17) is 5.53 Å². The lowest BCUT2D eigenvalue weighted by molar-refractivity contribution is -0.137. The average Bonchev–Trinajstić information content (AvgIpc) is 2.17. The lowest BCUT2D eigenvalue weighted by atomic mass is 10.1. The molecule has 0 aliphatic rings. The van der Waals surface area contributed by atoms with E-state index >= 15 is 0 Å². The maximum absolute atomic E-state index is 12.2. The summed E-state index contributed by atoms with van der Waals surface area (Å²) in [5.41, 5.74) is 6.72. The molecule has 0 bridgehead atoms. The van der Waals surface area contributed by atoms with Crippen molar-refractivity contribution in [1.29, 1.82) is 0 Å². The lowest BCUT2D eigenvalue weighted by Gasteiger charge is -2.07. The molecule has 0 saturated heterocycles. The normalized spacial score (nSPS) is 10.6. The van der Waals surface area contributed by atoms with Crippen LogP contribution in [0.3, 0.4) is 0 Å². The summed E-state index contributed by atoms with van der Waals surface area (Å²) in [6, 6.07) is 2.33. The highest BCUT2D eigenvalue weighted by Crippen LogP contribution is 2.32. The van der Waals surface area contributed by atoms with Gasteiger partial charge in [0.05, 0.1) is 5.56 Å². The summed E-state index contributed by atoms with van der Waals surface area (Å²) in [6.07, 6.45) is -4.31. The van der Waals surface area contributed by atoms with Gasteiger partial charge in [-0.15, -0.1) is 0 Å². The first-order chi connectivity index (χ1) is 6.99. The molecule has 1 rings (SSSR count). The Morgan fingerprint density at radius 1 is 1.40 bits per heavy atom. The number of nitrogens with zero attached hydrogens (tertiary/aromatic N) is 3. The molecule has 78 valence electrons. The van der Waals surface area contributed by atoms with Crippen LogP contribution in [0.5, 0.6) is 0 Å². The minimum absolute atomic E-state index is 0.125. The zero-order valence-electron chi connectivity index (χ0n) is 7.19. The Morgan fingerprint density at radius 2 is 2.07 bits per heavy atom. The van der Waals surface area contributed by atoms with E-state index in [1.54, 1.807) is 0 Å². The Labute approximate surface area is 82.0 Å². The van der Waals surface area contributed by atoms with Crippen LogP contribution < -0.4 is 0 Å². The molecule has 0 spiro atoms. The van der Waals surface area contributed by atoms with Gasteiger partial charge in [0.25, 0.3) is 0 Å². The molecule has 0 aliphatic carbocycles. The van der Waals surface area contributed by atoms with Gasteiger partial charge in [0, 0.05) is 16.2 Å². The van der Waals surface area contributed by atoms with Crippen LogP contribution in [0.2, 0.25) is 0 Å². The van der Waals surface area contributed by atoms with Gasteiger partial charge in [0.2, 0.25) is 0 Å². The second kappa shape index (κ2) is 4.02. The quantitative estimate of drug-likeness (QED) is 0.322. The molecule has 0 N–H and O–H groups in total. The monoisotopic (exact) mass is 215 g/mol. The van der Waals surface area contributed by atoms with Gasteiger partial charge in [-0.1, -0.05) is 11.2 Å². The number of carbonyl (C=O) groups excluding carboxylic acids is 1. The summed E-state index contributed by atoms with van der Waals surface area (Å²) in [4.78, 5) is 12.8. The number of aldehydes is 1. The molecule has 0 amide bonds. The number of hydrogen-bond acceptors (Lipinski definition) is 2. The van der Waals surface area contributed by atoms with Gasteiger partial charge in [0.15, 0.2) is 6.29 Å². The Bertz CT molecular complexity index is 435. The van der Waals surface area contributed by atoms with Crippen LogP contribution >= 0.6 is 0 Å². The van der Waals surface area contributed by atoms with Crippen molar-refractivity contribution in [1.82, 2.24) is 0 Å². The van der Waals surface area contributed by atoms with E-state index < -0.39 is 11.7 Å². The summed E-state index contributed by atoms with van der Waals surface area (Å²) < 4.78 is 36.6. The first-order valence-electron chi connectivity index (χ1n) is 3.70. The fourth-order valence-corrected chi connectivity index (χ4v) is 0.964. The number of halogens is 3. The largest absolute Gasteiger partial charge is 0.416 e. The Hall–Kier alpha value is -2.01. The molecule has 0 aliphatic heterocycles. The second-order valence-electron chi connectivity index (χ2n) is 2.58. The van der Waals surface area contributed by atoms with Crippen LogP contribution in [0.4, 0.5) is 18.9 Å². The van der Waals surface area contributed by atoms with E-state index in [-0.39, 0.29) is 17.5 Å². The minimum Gasteiger partial charge on any atom is -0.298 e. The Kier molecular flexibility index (Phi) is 2.96. The number of carbonyl (C=O) groups is 1. The second-order valence-corrected chi connectivity index (χ2v) is 2.58. The number of alkyl halides is 3. The number of hydrogen-bond donors (Lipinski definition) is 0. The molecule has 0 saturated carbocycles. The summed E-state index contributed by atoms with van der Waals surface area (Å²) in [5.74, 6) is 0. The molecule has 0 atom stereocenters. The maximum atomic E-state index is 12.2. The Balaban J connectivity index is 3.31. The highest BCUT2D eigenvalue weighted by atomic mass is 19.4. The van der Waals surface area contributed by atoms with Crippen LogP contribution in [0.1, 0.15) is 15.9 Å².